The lowest BCUT2D eigenvalue weighted by molar-refractivity contribution is -0.0328. The van der Waals surface area contributed by atoms with Crippen molar-refractivity contribution in [1.82, 2.24) is 0 Å². The Morgan fingerprint density at radius 3 is 2.43 bits per heavy atom. The summed E-state index contributed by atoms with van der Waals surface area (Å²) in [6.07, 6.45) is 8.88. The standard InChI is InChI=1S/C20H38O/c1-14(11-13-19(3,4)5)15(2)16-9-10-17-18(21)8-7-12-20(16,17)6/h14-18,21H,7-13H2,1-6H3/t14-,15-,16?,17?,18?,20-/m1/s1. The number of hydrogen-bond donors (Lipinski definition) is 1. The maximum absolute atomic E-state index is 10.4. The minimum atomic E-state index is -0.0224. The first-order chi connectivity index (χ1) is 9.65. The van der Waals surface area contributed by atoms with Crippen molar-refractivity contribution in [2.75, 3.05) is 0 Å². The lowest BCUT2D eigenvalue weighted by Gasteiger charge is -2.46. The second-order valence-electron chi connectivity index (χ2n) is 9.69. The number of fused-ring (bicyclic) bond motifs is 1. The van der Waals surface area contributed by atoms with Gasteiger partial charge in [-0.15, -0.1) is 0 Å². The molecule has 3 unspecified atom stereocenters. The van der Waals surface area contributed by atoms with Crippen LogP contribution in [-0.4, -0.2) is 11.2 Å². The zero-order valence-electron chi connectivity index (χ0n) is 15.3. The smallest absolute Gasteiger partial charge is 0.0573 e. The van der Waals surface area contributed by atoms with E-state index in [1.807, 2.05) is 0 Å². The molecule has 0 heterocycles. The molecule has 1 nitrogen and oxygen atoms in total. The van der Waals surface area contributed by atoms with Crippen molar-refractivity contribution in [3.63, 3.8) is 0 Å². The van der Waals surface area contributed by atoms with Crippen LogP contribution >= 0.6 is 0 Å². The first-order valence-corrected chi connectivity index (χ1v) is 9.33. The predicted octanol–water partition coefficient (Wildman–Crippen LogP) is 5.66. The summed E-state index contributed by atoms with van der Waals surface area (Å²) in [6.45, 7) is 14.5. The Labute approximate surface area is 132 Å². The fourth-order valence-electron chi connectivity index (χ4n) is 5.37. The molecule has 0 spiro atoms. The third-order valence-corrected chi connectivity index (χ3v) is 7.04. The molecular weight excluding hydrogens is 256 g/mol. The van der Waals surface area contributed by atoms with Gasteiger partial charge in [-0.25, -0.2) is 0 Å². The van der Waals surface area contributed by atoms with Gasteiger partial charge in [0.25, 0.3) is 0 Å². The minimum Gasteiger partial charge on any atom is -0.393 e. The molecule has 0 aromatic carbocycles. The predicted molar refractivity (Wildman–Crippen MR) is 91.2 cm³/mol. The van der Waals surface area contributed by atoms with Crippen LogP contribution < -0.4 is 0 Å². The highest BCUT2D eigenvalue weighted by Gasteiger charge is 2.52. The van der Waals surface area contributed by atoms with Gasteiger partial charge < -0.3 is 5.11 Å². The van der Waals surface area contributed by atoms with Gasteiger partial charge in [-0.05, 0) is 73.0 Å². The van der Waals surface area contributed by atoms with E-state index >= 15 is 0 Å². The zero-order chi connectivity index (χ0) is 15.8. The van der Waals surface area contributed by atoms with E-state index in [2.05, 4.69) is 41.5 Å². The number of rotatable bonds is 4. The minimum absolute atomic E-state index is 0.0224. The second kappa shape index (κ2) is 6.22. The van der Waals surface area contributed by atoms with Crippen LogP contribution in [0, 0.1) is 34.5 Å². The van der Waals surface area contributed by atoms with Gasteiger partial charge >= 0.3 is 0 Å². The van der Waals surface area contributed by atoms with Crippen LogP contribution in [0.4, 0.5) is 0 Å². The summed E-state index contributed by atoms with van der Waals surface area (Å²) in [5, 5.41) is 10.4. The molecule has 1 heteroatoms. The molecule has 0 radical (unpaired) electrons. The van der Waals surface area contributed by atoms with Crippen molar-refractivity contribution in [2.45, 2.75) is 92.6 Å². The van der Waals surface area contributed by atoms with Crippen LogP contribution in [0.1, 0.15) is 86.5 Å². The van der Waals surface area contributed by atoms with Crippen molar-refractivity contribution < 1.29 is 5.11 Å². The summed E-state index contributed by atoms with van der Waals surface area (Å²) in [6, 6.07) is 0. The second-order valence-corrected chi connectivity index (χ2v) is 9.69. The topological polar surface area (TPSA) is 20.2 Å². The molecule has 0 aromatic heterocycles. The molecule has 0 aromatic rings. The highest BCUT2D eigenvalue weighted by molar-refractivity contribution is 5.02. The molecule has 0 amide bonds. The number of hydrogen-bond acceptors (Lipinski definition) is 1. The van der Waals surface area contributed by atoms with Gasteiger partial charge in [0.1, 0.15) is 0 Å². The summed E-state index contributed by atoms with van der Waals surface area (Å²) in [5.41, 5.74) is 0.865. The summed E-state index contributed by atoms with van der Waals surface area (Å²) < 4.78 is 0. The van der Waals surface area contributed by atoms with E-state index in [9.17, 15) is 5.11 Å². The maximum atomic E-state index is 10.4. The van der Waals surface area contributed by atoms with Crippen LogP contribution in [0.3, 0.4) is 0 Å². The molecule has 21 heavy (non-hydrogen) atoms. The first-order valence-electron chi connectivity index (χ1n) is 9.33. The average molecular weight is 295 g/mol. The lowest BCUT2D eigenvalue weighted by Crippen LogP contribution is -2.42. The Morgan fingerprint density at radius 2 is 1.81 bits per heavy atom. The van der Waals surface area contributed by atoms with Crippen molar-refractivity contribution >= 4 is 0 Å². The Bertz CT molecular complexity index is 342. The van der Waals surface area contributed by atoms with Gasteiger partial charge in [-0.3, -0.25) is 0 Å². The van der Waals surface area contributed by atoms with E-state index in [1.54, 1.807) is 0 Å². The van der Waals surface area contributed by atoms with E-state index in [0.29, 0.717) is 16.7 Å². The van der Waals surface area contributed by atoms with E-state index in [4.69, 9.17) is 0 Å². The molecule has 0 bridgehead atoms. The third-order valence-electron chi connectivity index (χ3n) is 7.04. The van der Waals surface area contributed by atoms with Crippen molar-refractivity contribution in [3.05, 3.63) is 0 Å². The molecule has 2 aliphatic carbocycles. The molecule has 1 N–H and O–H groups in total. The van der Waals surface area contributed by atoms with Crippen molar-refractivity contribution in [2.24, 2.45) is 34.5 Å². The normalized spacial score (nSPS) is 39.9. The zero-order valence-corrected chi connectivity index (χ0v) is 15.3. The molecule has 6 atom stereocenters. The summed E-state index contributed by atoms with van der Waals surface area (Å²) in [5.74, 6) is 3.01. The summed E-state index contributed by atoms with van der Waals surface area (Å²) in [7, 11) is 0. The highest BCUT2D eigenvalue weighted by atomic mass is 16.3. The van der Waals surface area contributed by atoms with Gasteiger partial charge in [0, 0.05) is 0 Å². The quantitative estimate of drug-likeness (QED) is 0.709. The van der Waals surface area contributed by atoms with Crippen LogP contribution in [0.25, 0.3) is 0 Å². The van der Waals surface area contributed by atoms with Gasteiger partial charge in [0.2, 0.25) is 0 Å². The number of aliphatic hydroxyl groups excluding tert-OH is 1. The number of aliphatic hydroxyl groups is 1. The van der Waals surface area contributed by atoms with Crippen LogP contribution in [0.15, 0.2) is 0 Å². The summed E-state index contributed by atoms with van der Waals surface area (Å²) >= 11 is 0. The average Bonchev–Trinajstić information content (AvgIpc) is 2.73. The SMILES string of the molecule is C[C@H](CCC(C)(C)C)[C@@H](C)C1CCC2C(O)CCC[C@@]21C. The van der Waals surface area contributed by atoms with E-state index < -0.39 is 0 Å². The van der Waals surface area contributed by atoms with E-state index in [-0.39, 0.29) is 6.10 Å². The van der Waals surface area contributed by atoms with Gasteiger partial charge in [0.15, 0.2) is 0 Å². The fourth-order valence-corrected chi connectivity index (χ4v) is 5.37. The van der Waals surface area contributed by atoms with Crippen LogP contribution in [0.2, 0.25) is 0 Å². The monoisotopic (exact) mass is 294 g/mol. The van der Waals surface area contributed by atoms with E-state index in [1.165, 1.54) is 38.5 Å². The fraction of sp³-hybridized carbons (Fsp3) is 1.00. The summed E-state index contributed by atoms with van der Waals surface area (Å²) in [4.78, 5) is 0. The molecule has 0 saturated heterocycles. The maximum Gasteiger partial charge on any atom is 0.0573 e. The van der Waals surface area contributed by atoms with Crippen molar-refractivity contribution in [1.29, 1.82) is 0 Å². The molecular formula is C20H38O. The Hall–Kier alpha value is -0.0400. The largest absolute Gasteiger partial charge is 0.393 e. The molecule has 0 aliphatic heterocycles. The molecule has 124 valence electrons. The molecule has 2 rings (SSSR count). The molecule has 2 saturated carbocycles. The van der Waals surface area contributed by atoms with Crippen LogP contribution in [0.5, 0.6) is 0 Å². The van der Waals surface area contributed by atoms with Crippen molar-refractivity contribution in [3.8, 4) is 0 Å². The molecule has 2 fully saturated rings. The van der Waals surface area contributed by atoms with Crippen LogP contribution in [-0.2, 0) is 0 Å². The van der Waals surface area contributed by atoms with Gasteiger partial charge in [0.05, 0.1) is 6.10 Å². The van der Waals surface area contributed by atoms with Gasteiger partial charge in [-0.1, -0.05) is 48.0 Å². The third kappa shape index (κ3) is 3.66. The lowest BCUT2D eigenvalue weighted by atomic mass is 9.60. The Morgan fingerprint density at radius 1 is 1.14 bits per heavy atom. The van der Waals surface area contributed by atoms with E-state index in [0.717, 1.165) is 24.2 Å². The highest BCUT2D eigenvalue weighted by Crippen LogP contribution is 2.58. The molecule has 2 aliphatic rings. The Kier molecular flexibility index (Phi) is 5.13. The van der Waals surface area contributed by atoms with Gasteiger partial charge in [-0.2, -0.15) is 0 Å². The Balaban J connectivity index is 2.00. The first kappa shape index (κ1) is 17.3.